The smallest absolute Gasteiger partial charge is 0.145 e. The van der Waals surface area contributed by atoms with E-state index in [0.29, 0.717) is 32.3 Å². The molecule has 1 saturated carbocycles. The Hall–Kier alpha value is -2.62. The molecule has 0 amide bonds. The third-order valence-corrected chi connectivity index (χ3v) is 7.19. The molecule has 214 valence electrons. The van der Waals surface area contributed by atoms with Gasteiger partial charge in [0.2, 0.25) is 0 Å². The fraction of sp³-hybridized carbons (Fsp3) is 0.500. The largest absolute Gasteiger partial charge is 0.486 e. The van der Waals surface area contributed by atoms with Crippen molar-refractivity contribution in [1.29, 1.82) is 0 Å². The second-order valence-electron chi connectivity index (χ2n) is 10.3. The van der Waals surface area contributed by atoms with E-state index in [1.807, 2.05) is 44.2 Å². The zero-order valence-corrected chi connectivity index (χ0v) is 24.8. The number of rotatable bonds is 17. The van der Waals surface area contributed by atoms with E-state index in [-0.39, 0.29) is 6.10 Å². The molecule has 2 aromatic carbocycles. The Morgan fingerprint density at radius 3 is 2.28 bits per heavy atom. The SMILES string of the molecule is C=C/C=C\C(=C)COCC(COCc1ccccc1)Oc1ccc(C2CCC(CCCCC)CC2)cc1.CC. The van der Waals surface area contributed by atoms with Crippen molar-refractivity contribution in [3.05, 3.63) is 103 Å². The highest BCUT2D eigenvalue weighted by Crippen LogP contribution is 2.38. The summed E-state index contributed by atoms with van der Waals surface area (Å²) < 4.78 is 18.2. The topological polar surface area (TPSA) is 27.7 Å². The van der Waals surface area contributed by atoms with Crippen molar-refractivity contribution in [3.63, 3.8) is 0 Å². The van der Waals surface area contributed by atoms with Crippen LogP contribution in [-0.4, -0.2) is 25.9 Å². The summed E-state index contributed by atoms with van der Waals surface area (Å²) in [6, 6.07) is 18.9. The number of unbranched alkanes of at least 4 members (excludes halogenated alkanes) is 2. The van der Waals surface area contributed by atoms with Gasteiger partial charge in [-0.2, -0.15) is 0 Å². The molecule has 39 heavy (non-hydrogen) atoms. The van der Waals surface area contributed by atoms with Crippen LogP contribution < -0.4 is 4.74 Å². The molecule has 1 atom stereocenters. The molecule has 0 heterocycles. The third-order valence-electron chi connectivity index (χ3n) is 7.19. The fourth-order valence-corrected chi connectivity index (χ4v) is 5.05. The first-order valence-corrected chi connectivity index (χ1v) is 15.1. The van der Waals surface area contributed by atoms with Crippen molar-refractivity contribution in [1.82, 2.24) is 0 Å². The lowest BCUT2D eigenvalue weighted by Crippen LogP contribution is -2.29. The molecule has 0 bridgehead atoms. The van der Waals surface area contributed by atoms with Gasteiger partial charge in [0.1, 0.15) is 11.9 Å². The fourth-order valence-electron chi connectivity index (χ4n) is 5.05. The molecule has 3 heteroatoms. The minimum atomic E-state index is -0.204. The van der Waals surface area contributed by atoms with Crippen molar-refractivity contribution in [2.45, 2.75) is 90.8 Å². The first kappa shape index (κ1) is 32.6. The van der Waals surface area contributed by atoms with Gasteiger partial charge < -0.3 is 14.2 Å². The molecule has 0 N–H and O–H groups in total. The third kappa shape index (κ3) is 13.3. The lowest BCUT2D eigenvalue weighted by Gasteiger charge is -2.29. The van der Waals surface area contributed by atoms with E-state index in [0.717, 1.165) is 22.8 Å². The first-order chi connectivity index (χ1) is 19.2. The summed E-state index contributed by atoms with van der Waals surface area (Å²) in [5.74, 6) is 2.48. The van der Waals surface area contributed by atoms with Gasteiger partial charge in [-0.05, 0) is 66.4 Å². The van der Waals surface area contributed by atoms with Crippen molar-refractivity contribution >= 4 is 0 Å². The van der Waals surface area contributed by atoms with Gasteiger partial charge in [-0.3, -0.25) is 0 Å². The lowest BCUT2D eigenvalue weighted by molar-refractivity contribution is -0.00614. The van der Waals surface area contributed by atoms with Gasteiger partial charge in [-0.15, -0.1) is 0 Å². The summed E-state index contributed by atoms with van der Waals surface area (Å²) >= 11 is 0. The number of hydrogen-bond donors (Lipinski definition) is 0. The average molecular weight is 533 g/mol. The van der Waals surface area contributed by atoms with Crippen LogP contribution in [0.1, 0.15) is 89.2 Å². The molecule has 1 unspecified atom stereocenters. The Labute approximate surface area is 239 Å². The van der Waals surface area contributed by atoms with Crippen molar-refractivity contribution < 1.29 is 14.2 Å². The quantitative estimate of drug-likeness (QED) is 0.150. The highest BCUT2D eigenvalue weighted by molar-refractivity contribution is 5.30. The van der Waals surface area contributed by atoms with E-state index in [9.17, 15) is 0 Å². The van der Waals surface area contributed by atoms with Crippen LogP contribution in [0.3, 0.4) is 0 Å². The Morgan fingerprint density at radius 1 is 0.923 bits per heavy atom. The molecule has 1 aliphatic carbocycles. The highest BCUT2D eigenvalue weighted by Gasteiger charge is 2.22. The Bertz CT molecular complexity index is 924. The van der Waals surface area contributed by atoms with E-state index in [1.165, 1.54) is 56.9 Å². The summed E-state index contributed by atoms with van der Waals surface area (Å²) in [7, 11) is 0. The molecule has 0 aromatic heterocycles. The van der Waals surface area contributed by atoms with Crippen molar-refractivity contribution in [2.24, 2.45) is 5.92 Å². The van der Waals surface area contributed by atoms with Crippen LogP contribution in [0.15, 0.2) is 91.6 Å². The molecule has 0 spiro atoms. The van der Waals surface area contributed by atoms with Crippen LogP contribution >= 0.6 is 0 Å². The molecule has 0 radical (unpaired) electrons. The van der Waals surface area contributed by atoms with Crippen molar-refractivity contribution in [2.75, 3.05) is 19.8 Å². The second-order valence-corrected chi connectivity index (χ2v) is 10.3. The monoisotopic (exact) mass is 532 g/mol. The van der Waals surface area contributed by atoms with Crippen LogP contribution in [0.2, 0.25) is 0 Å². The van der Waals surface area contributed by atoms with Gasteiger partial charge in [-0.1, -0.05) is 120 Å². The standard InChI is InChI=1S/C34H46O3.C2H6/c1-4-6-9-13-29-16-18-31(19-17-29)32-20-22-33(23-21-32)37-34(26-35-24-28(3)12-7-5-2)27-36-25-30-14-10-8-11-15-30;1-2/h5,7-8,10-12,14-15,20-23,29,31,34H,2-4,6,9,13,16-19,24-27H2,1H3;1-2H3/b12-7-;. The van der Waals surface area contributed by atoms with Gasteiger partial charge in [0.15, 0.2) is 0 Å². The summed E-state index contributed by atoms with van der Waals surface area (Å²) in [6.07, 6.45) is 16.2. The molecule has 1 aliphatic rings. The summed E-state index contributed by atoms with van der Waals surface area (Å²) in [4.78, 5) is 0. The molecular formula is C36H52O3. The summed E-state index contributed by atoms with van der Waals surface area (Å²) in [5.41, 5.74) is 3.49. The van der Waals surface area contributed by atoms with Crippen LogP contribution in [-0.2, 0) is 16.1 Å². The number of benzene rings is 2. The van der Waals surface area contributed by atoms with Crippen LogP contribution in [0.4, 0.5) is 0 Å². The zero-order chi connectivity index (χ0) is 28.1. The minimum Gasteiger partial charge on any atom is -0.486 e. The van der Waals surface area contributed by atoms with Crippen molar-refractivity contribution in [3.8, 4) is 5.75 Å². The molecule has 3 nitrogen and oxygen atoms in total. The average Bonchev–Trinajstić information content (AvgIpc) is 2.98. The van der Waals surface area contributed by atoms with Crippen LogP contribution in [0.25, 0.3) is 0 Å². The van der Waals surface area contributed by atoms with Gasteiger partial charge in [0, 0.05) is 0 Å². The zero-order valence-electron chi connectivity index (χ0n) is 24.8. The second kappa shape index (κ2) is 20.3. The van der Waals surface area contributed by atoms with E-state index in [1.54, 1.807) is 6.08 Å². The van der Waals surface area contributed by atoms with E-state index in [4.69, 9.17) is 14.2 Å². The molecule has 0 saturated heterocycles. The summed E-state index contributed by atoms with van der Waals surface area (Å²) in [5, 5.41) is 0. The highest BCUT2D eigenvalue weighted by atomic mass is 16.6. The molecule has 0 aliphatic heterocycles. The molecule has 3 rings (SSSR count). The maximum Gasteiger partial charge on any atom is 0.145 e. The first-order valence-electron chi connectivity index (χ1n) is 15.1. The Kier molecular flexibility index (Phi) is 17.0. The predicted molar refractivity (Wildman–Crippen MR) is 166 cm³/mol. The molecule has 1 fully saturated rings. The predicted octanol–water partition coefficient (Wildman–Crippen LogP) is 9.85. The van der Waals surface area contributed by atoms with E-state index >= 15 is 0 Å². The lowest BCUT2D eigenvalue weighted by atomic mass is 9.77. The van der Waals surface area contributed by atoms with Gasteiger partial charge in [-0.25, -0.2) is 0 Å². The van der Waals surface area contributed by atoms with Gasteiger partial charge in [0.25, 0.3) is 0 Å². The minimum absolute atomic E-state index is 0.204. The maximum absolute atomic E-state index is 6.32. The molecular weight excluding hydrogens is 480 g/mol. The maximum atomic E-state index is 6.32. The van der Waals surface area contributed by atoms with E-state index < -0.39 is 0 Å². The Balaban J connectivity index is 0.00000260. The Morgan fingerprint density at radius 2 is 1.62 bits per heavy atom. The molecule has 2 aromatic rings. The van der Waals surface area contributed by atoms with Gasteiger partial charge in [0.05, 0.1) is 26.4 Å². The summed E-state index contributed by atoms with van der Waals surface area (Å²) in [6.45, 7) is 15.9. The normalized spacial score (nSPS) is 17.7. The van der Waals surface area contributed by atoms with E-state index in [2.05, 4.69) is 56.5 Å². The van der Waals surface area contributed by atoms with Crippen LogP contribution in [0.5, 0.6) is 5.75 Å². The van der Waals surface area contributed by atoms with Crippen LogP contribution in [0, 0.1) is 5.92 Å². The number of ether oxygens (including phenoxy) is 3. The number of hydrogen-bond acceptors (Lipinski definition) is 3. The number of allylic oxidation sites excluding steroid dienone is 2. The van der Waals surface area contributed by atoms with Gasteiger partial charge >= 0.3 is 0 Å².